The molecule has 0 spiro atoms. The summed E-state index contributed by atoms with van der Waals surface area (Å²) in [5.74, 6) is -1.18. The van der Waals surface area contributed by atoms with E-state index >= 15 is 0 Å². The Morgan fingerprint density at radius 3 is 2.32 bits per heavy atom. The first-order chi connectivity index (χ1) is 11.7. The van der Waals surface area contributed by atoms with Crippen LogP contribution < -0.4 is 10.8 Å². The van der Waals surface area contributed by atoms with Crippen LogP contribution in [0.1, 0.15) is 26.3 Å². The molecule has 1 aromatic rings. The van der Waals surface area contributed by atoms with Gasteiger partial charge in [0.05, 0.1) is 7.11 Å². The number of hydrogen-bond donors (Lipinski definition) is 2. The van der Waals surface area contributed by atoms with E-state index in [0.717, 1.165) is 5.56 Å². The molecule has 1 aromatic carbocycles. The minimum atomic E-state index is -0.910. The molecule has 0 saturated heterocycles. The van der Waals surface area contributed by atoms with E-state index in [0.29, 0.717) is 0 Å². The van der Waals surface area contributed by atoms with Gasteiger partial charge in [0.15, 0.2) is 0 Å². The molecule has 0 radical (unpaired) electrons. The van der Waals surface area contributed by atoms with Gasteiger partial charge in [-0.1, -0.05) is 30.3 Å². The molecule has 25 heavy (non-hydrogen) atoms. The SMILES string of the molecule is COC(=O)CNC(=O)ON[C@@H](Cc1ccccc1)C(=O)OC(C)(C)C. The van der Waals surface area contributed by atoms with Crippen molar-refractivity contribution in [3.63, 3.8) is 0 Å². The van der Waals surface area contributed by atoms with E-state index in [1.807, 2.05) is 30.3 Å². The van der Waals surface area contributed by atoms with Gasteiger partial charge in [0, 0.05) is 6.42 Å². The van der Waals surface area contributed by atoms with Crippen molar-refractivity contribution in [2.24, 2.45) is 0 Å². The van der Waals surface area contributed by atoms with Crippen LogP contribution >= 0.6 is 0 Å². The third-order valence-corrected chi connectivity index (χ3v) is 2.87. The van der Waals surface area contributed by atoms with Crippen molar-refractivity contribution in [2.45, 2.75) is 38.8 Å². The van der Waals surface area contributed by atoms with Crippen LogP contribution in [-0.4, -0.2) is 43.3 Å². The molecule has 8 nitrogen and oxygen atoms in total. The maximum Gasteiger partial charge on any atom is 0.426 e. The highest BCUT2D eigenvalue weighted by molar-refractivity contribution is 5.78. The molecule has 1 rings (SSSR count). The summed E-state index contributed by atoms with van der Waals surface area (Å²) in [6.45, 7) is 4.89. The van der Waals surface area contributed by atoms with Gasteiger partial charge in [0.2, 0.25) is 0 Å². The van der Waals surface area contributed by atoms with Crippen LogP contribution in [0, 0.1) is 0 Å². The van der Waals surface area contributed by atoms with E-state index in [4.69, 9.17) is 9.57 Å². The number of hydrogen-bond acceptors (Lipinski definition) is 7. The molecule has 0 heterocycles. The van der Waals surface area contributed by atoms with E-state index in [1.165, 1.54) is 7.11 Å². The molecule has 0 unspecified atom stereocenters. The molecule has 8 heteroatoms. The number of carbonyl (C=O) groups excluding carboxylic acids is 3. The second-order valence-corrected chi connectivity index (χ2v) is 6.21. The third kappa shape index (κ3) is 8.71. The first-order valence-electron chi connectivity index (χ1n) is 7.75. The zero-order valence-electron chi connectivity index (χ0n) is 14.8. The predicted octanol–water partition coefficient (Wildman–Crippen LogP) is 1.34. The summed E-state index contributed by atoms with van der Waals surface area (Å²) in [5.41, 5.74) is 2.58. The highest BCUT2D eigenvalue weighted by Crippen LogP contribution is 2.11. The van der Waals surface area contributed by atoms with Gasteiger partial charge in [0.25, 0.3) is 0 Å². The second-order valence-electron chi connectivity index (χ2n) is 6.21. The van der Waals surface area contributed by atoms with Crippen LogP contribution in [0.15, 0.2) is 30.3 Å². The molecular formula is C17H24N2O6. The van der Waals surface area contributed by atoms with Crippen LogP contribution in [0.4, 0.5) is 4.79 Å². The molecule has 0 aromatic heterocycles. The van der Waals surface area contributed by atoms with Gasteiger partial charge in [-0.05, 0) is 26.3 Å². The highest BCUT2D eigenvalue weighted by Gasteiger charge is 2.26. The number of benzene rings is 1. The van der Waals surface area contributed by atoms with Crippen LogP contribution in [0.25, 0.3) is 0 Å². The maximum absolute atomic E-state index is 12.3. The summed E-state index contributed by atoms with van der Waals surface area (Å²) >= 11 is 0. The average molecular weight is 352 g/mol. The molecular weight excluding hydrogens is 328 g/mol. The minimum Gasteiger partial charge on any atom is -0.468 e. The van der Waals surface area contributed by atoms with Gasteiger partial charge in [-0.25, -0.2) is 4.79 Å². The lowest BCUT2D eigenvalue weighted by atomic mass is 10.1. The van der Waals surface area contributed by atoms with Crippen LogP contribution in [0.3, 0.4) is 0 Å². The summed E-state index contributed by atoms with van der Waals surface area (Å²) in [4.78, 5) is 39.7. The molecule has 0 saturated carbocycles. The Morgan fingerprint density at radius 1 is 1.12 bits per heavy atom. The second kappa shape index (κ2) is 9.63. The predicted molar refractivity (Wildman–Crippen MR) is 89.4 cm³/mol. The van der Waals surface area contributed by atoms with Gasteiger partial charge in [-0.15, -0.1) is 5.48 Å². The number of nitrogens with one attached hydrogen (secondary N) is 2. The summed E-state index contributed by atoms with van der Waals surface area (Å²) < 4.78 is 9.73. The number of amides is 1. The molecule has 0 aliphatic heterocycles. The Morgan fingerprint density at radius 2 is 1.76 bits per heavy atom. The third-order valence-electron chi connectivity index (χ3n) is 2.87. The number of rotatable bonds is 7. The quantitative estimate of drug-likeness (QED) is 0.434. The highest BCUT2D eigenvalue weighted by atomic mass is 16.7. The summed E-state index contributed by atoms with van der Waals surface area (Å²) in [5, 5.41) is 2.19. The first-order valence-corrected chi connectivity index (χ1v) is 7.75. The molecule has 0 aliphatic rings. The van der Waals surface area contributed by atoms with Gasteiger partial charge in [0.1, 0.15) is 18.2 Å². The normalized spacial score (nSPS) is 12.0. The van der Waals surface area contributed by atoms with Crippen molar-refractivity contribution in [3.05, 3.63) is 35.9 Å². The Bertz CT molecular complexity index is 583. The monoisotopic (exact) mass is 352 g/mol. The van der Waals surface area contributed by atoms with Gasteiger partial charge < -0.3 is 19.6 Å². The van der Waals surface area contributed by atoms with Crippen molar-refractivity contribution in [2.75, 3.05) is 13.7 Å². The number of carbonyl (C=O) groups is 3. The molecule has 1 atom stereocenters. The molecule has 2 N–H and O–H groups in total. The standard InChI is InChI=1S/C17H24N2O6/c1-17(2,3)24-15(21)13(10-12-8-6-5-7-9-12)19-25-16(22)18-11-14(20)23-4/h5-9,13,19H,10-11H2,1-4H3,(H,18,22)/t13-/m0/s1. The number of ether oxygens (including phenoxy) is 2. The average Bonchev–Trinajstić information content (AvgIpc) is 2.55. The maximum atomic E-state index is 12.3. The van der Waals surface area contributed by atoms with Crippen LogP contribution in [0.5, 0.6) is 0 Å². The molecule has 1 amide bonds. The number of esters is 2. The Balaban J connectivity index is 2.66. The smallest absolute Gasteiger partial charge is 0.426 e. The number of methoxy groups -OCH3 is 1. The molecule has 0 fully saturated rings. The lowest BCUT2D eigenvalue weighted by Gasteiger charge is -2.24. The Hall–Kier alpha value is -2.61. The fourth-order valence-electron chi connectivity index (χ4n) is 1.77. The lowest BCUT2D eigenvalue weighted by molar-refractivity contribution is -0.160. The van der Waals surface area contributed by atoms with E-state index < -0.39 is 29.7 Å². The van der Waals surface area contributed by atoms with Gasteiger partial charge in [-0.3, -0.25) is 9.59 Å². The summed E-state index contributed by atoms with van der Waals surface area (Å²) in [7, 11) is 1.20. The molecule has 138 valence electrons. The Kier molecular flexibility index (Phi) is 7.87. The topological polar surface area (TPSA) is 103 Å². The van der Waals surface area contributed by atoms with Gasteiger partial charge in [-0.2, -0.15) is 0 Å². The first kappa shape index (κ1) is 20.4. The van der Waals surface area contributed by atoms with Crippen molar-refractivity contribution >= 4 is 18.0 Å². The van der Waals surface area contributed by atoms with Crippen LogP contribution in [0.2, 0.25) is 0 Å². The van der Waals surface area contributed by atoms with Crippen molar-refractivity contribution in [1.82, 2.24) is 10.8 Å². The lowest BCUT2D eigenvalue weighted by Crippen LogP contribution is -2.45. The van der Waals surface area contributed by atoms with Crippen LogP contribution in [-0.2, 0) is 30.3 Å². The van der Waals surface area contributed by atoms with E-state index in [1.54, 1.807) is 20.8 Å². The fourth-order valence-corrected chi connectivity index (χ4v) is 1.77. The molecule has 0 aliphatic carbocycles. The largest absolute Gasteiger partial charge is 0.468 e. The summed E-state index contributed by atoms with van der Waals surface area (Å²) in [6, 6.07) is 8.32. The fraction of sp³-hybridized carbons (Fsp3) is 0.471. The zero-order chi connectivity index (χ0) is 18.9. The summed E-state index contributed by atoms with van der Waals surface area (Å²) in [6.07, 6.45) is -0.646. The van der Waals surface area contributed by atoms with Crippen molar-refractivity contribution < 1.29 is 28.7 Å². The van der Waals surface area contributed by atoms with Gasteiger partial charge >= 0.3 is 18.0 Å². The van der Waals surface area contributed by atoms with E-state index in [9.17, 15) is 14.4 Å². The van der Waals surface area contributed by atoms with E-state index in [-0.39, 0.29) is 13.0 Å². The minimum absolute atomic E-state index is 0.264. The molecule has 0 bridgehead atoms. The Labute approximate surface area is 146 Å². The van der Waals surface area contributed by atoms with Crippen molar-refractivity contribution in [3.8, 4) is 0 Å². The van der Waals surface area contributed by atoms with Crippen molar-refractivity contribution in [1.29, 1.82) is 0 Å². The van der Waals surface area contributed by atoms with E-state index in [2.05, 4.69) is 15.5 Å². The zero-order valence-corrected chi connectivity index (χ0v) is 14.8. The number of hydroxylamine groups is 1.